The number of urea groups is 1. The summed E-state index contributed by atoms with van der Waals surface area (Å²) in [5.74, 6) is -0.254. The van der Waals surface area contributed by atoms with Gasteiger partial charge in [-0.15, -0.1) is 0 Å². The lowest BCUT2D eigenvalue weighted by Crippen LogP contribution is -2.30. The monoisotopic (exact) mass is 350 g/mol. The second kappa shape index (κ2) is 7.22. The molecule has 0 saturated carbocycles. The number of halogens is 2. The third-order valence-electron chi connectivity index (χ3n) is 3.05. The third-order valence-corrected chi connectivity index (χ3v) is 3.54. The minimum Gasteiger partial charge on any atom is -0.338 e. The summed E-state index contributed by atoms with van der Waals surface area (Å²) in [7, 11) is 0. The van der Waals surface area contributed by atoms with Crippen molar-refractivity contribution in [3.05, 3.63) is 63.9 Å². The Labute approximate surface area is 131 Å². The summed E-state index contributed by atoms with van der Waals surface area (Å²) < 4.78 is 13.7. The number of nitrogens with one attached hydrogen (secondary N) is 2. The fraction of sp³-hybridized carbons (Fsp3) is 0.188. The summed E-state index contributed by atoms with van der Waals surface area (Å²) in [4.78, 5) is 11.8. The fourth-order valence-corrected chi connectivity index (χ4v) is 2.38. The zero-order chi connectivity index (χ0) is 15.2. The highest BCUT2D eigenvalue weighted by Crippen LogP contribution is 2.19. The van der Waals surface area contributed by atoms with Crippen molar-refractivity contribution < 1.29 is 9.18 Å². The molecule has 2 amide bonds. The molecule has 0 bridgehead atoms. The SMILES string of the molecule is Cc1cc(Br)ccc1NC(=O)NCCc1ccc(F)cc1. The van der Waals surface area contributed by atoms with Crippen LogP contribution in [0.15, 0.2) is 46.9 Å². The summed E-state index contributed by atoms with van der Waals surface area (Å²) in [6.07, 6.45) is 0.660. The van der Waals surface area contributed by atoms with Crippen LogP contribution in [0.5, 0.6) is 0 Å². The van der Waals surface area contributed by atoms with Gasteiger partial charge in [0.15, 0.2) is 0 Å². The van der Waals surface area contributed by atoms with Gasteiger partial charge in [0.1, 0.15) is 5.82 Å². The fourth-order valence-electron chi connectivity index (χ4n) is 1.91. The van der Waals surface area contributed by atoms with Gasteiger partial charge in [-0.05, 0) is 54.8 Å². The minimum absolute atomic E-state index is 0.248. The largest absolute Gasteiger partial charge is 0.338 e. The number of hydrogen-bond acceptors (Lipinski definition) is 1. The number of rotatable bonds is 4. The topological polar surface area (TPSA) is 41.1 Å². The van der Waals surface area contributed by atoms with Gasteiger partial charge in [-0.3, -0.25) is 0 Å². The highest BCUT2D eigenvalue weighted by Gasteiger charge is 2.04. The van der Waals surface area contributed by atoms with E-state index in [1.165, 1.54) is 12.1 Å². The van der Waals surface area contributed by atoms with Crippen LogP contribution in [-0.4, -0.2) is 12.6 Å². The molecule has 110 valence electrons. The lowest BCUT2D eigenvalue weighted by atomic mass is 10.1. The zero-order valence-electron chi connectivity index (χ0n) is 11.6. The molecule has 0 aliphatic rings. The van der Waals surface area contributed by atoms with E-state index >= 15 is 0 Å². The maximum atomic E-state index is 12.8. The molecule has 0 spiro atoms. The van der Waals surface area contributed by atoms with E-state index in [1.807, 2.05) is 25.1 Å². The van der Waals surface area contributed by atoms with E-state index in [9.17, 15) is 9.18 Å². The normalized spacial score (nSPS) is 10.2. The minimum atomic E-state index is -0.254. The lowest BCUT2D eigenvalue weighted by molar-refractivity contribution is 0.252. The van der Waals surface area contributed by atoms with Gasteiger partial charge in [-0.25, -0.2) is 9.18 Å². The Morgan fingerprint density at radius 2 is 1.90 bits per heavy atom. The van der Waals surface area contributed by atoms with Crippen LogP contribution >= 0.6 is 15.9 Å². The number of carbonyl (C=O) groups excluding carboxylic acids is 1. The number of aryl methyl sites for hydroxylation is 1. The van der Waals surface area contributed by atoms with E-state index in [4.69, 9.17) is 0 Å². The third kappa shape index (κ3) is 4.86. The van der Waals surface area contributed by atoms with Crippen LogP contribution in [0.25, 0.3) is 0 Å². The average Bonchev–Trinajstić information content (AvgIpc) is 2.44. The Bertz CT molecular complexity index is 629. The van der Waals surface area contributed by atoms with Crippen LogP contribution in [0.1, 0.15) is 11.1 Å². The summed E-state index contributed by atoms with van der Waals surface area (Å²) in [6, 6.07) is 11.7. The Balaban J connectivity index is 1.81. The van der Waals surface area contributed by atoms with Crippen LogP contribution in [0.4, 0.5) is 14.9 Å². The van der Waals surface area contributed by atoms with Crippen LogP contribution in [0.2, 0.25) is 0 Å². The molecule has 0 heterocycles. The van der Waals surface area contributed by atoms with Gasteiger partial charge in [0, 0.05) is 16.7 Å². The van der Waals surface area contributed by atoms with Crippen molar-refractivity contribution in [1.82, 2.24) is 5.32 Å². The van der Waals surface area contributed by atoms with Crippen molar-refractivity contribution in [3.63, 3.8) is 0 Å². The predicted octanol–water partition coefficient (Wildman–Crippen LogP) is 4.26. The molecule has 0 aliphatic carbocycles. The van der Waals surface area contributed by atoms with E-state index in [-0.39, 0.29) is 11.8 Å². The standard InChI is InChI=1S/C16H16BrFN2O/c1-11-10-13(17)4-7-15(11)20-16(21)19-9-8-12-2-5-14(18)6-3-12/h2-7,10H,8-9H2,1H3,(H2,19,20,21). The molecule has 0 fully saturated rings. The molecule has 2 rings (SSSR count). The van der Waals surface area contributed by atoms with Gasteiger partial charge in [-0.1, -0.05) is 28.1 Å². The summed E-state index contributed by atoms with van der Waals surface area (Å²) in [5, 5.41) is 5.58. The van der Waals surface area contributed by atoms with Crippen molar-refractivity contribution in [2.45, 2.75) is 13.3 Å². The Hall–Kier alpha value is -1.88. The Kier molecular flexibility index (Phi) is 5.33. The first-order valence-corrected chi connectivity index (χ1v) is 7.39. The zero-order valence-corrected chi connectivity index (χ0v) is 13.2. The van der Waals surface area contributed by atoms with Gasteiger partial charge in [0.2, 0.25) is 0 Å². The van der Waals surface area contributed by atoms with E-state index in [1.54, 1.807) is 12.1 Å². The van der Waals surface area contributed by atoms with Gasteiger partial charge < -0.3 is 10.6 Å². The highest BCUT2D eigenvalue weighted by atomic mass is 79.9. The average molecular weight is 351 g/mol. The van der Waals surface area contributed by atoms with Gasteiger partial charge in [0.25, 0.3) is 0 Å². The number of anilines is 1. The van der Waals surface area contributed by atoms with Gasteiger partial charge in [0.05, 0.1) is 0 Å². The summed E-state index contributed by atoms with van der Waals surface area (Å²) in [6.45, 7) is 2.42. The first kappa shape index (κ1) is 15.5. The Morgan fingerprint density at radius 3 is 2.57 bits per heavy atom. The molecule has 2 N–H and O–H groups in total. The molecule has 0 radical (unpaired) electrons. The molecular formula is C16H16BrFN2O. The highest BCUT2D eigenvalue weighted by molar-refractivity contribution is 9.10. The van der Waals surface area contributed by atoms with Crippen molar-refractivity contribution in [2.24, 2.45) is 0 Å². The summed E-state index contributed by atoms with van der Waals surface area (Å²) in [5.41, 5.74) is 2.74. The second-order valence-corrected chi connectivity index (χ2v) is 5.63. The molecular weight excluding hydrogens is 335 g/mol. The maximum absolute atomic E-state index is 12.8. The number of carbonyl (C=O) groups is 1. The second-order valence-electron chi connectivity index (χ2n) is 4.72. The van der Waals surface area contributed by atoms with Crippen LogP contribution in [0, 0.1) is 12.7 Å². The van der Waals surface area contributed by atoms with Crippen molar-refractivity contribution in [3.8, 4) is 0 Å². The van der Waals surface area contributed by atoms with Crippen molar-refractivity contribution in [2.75, 3.05) is 11.9 Å². The number of hydrogen-bond donors (Lipinski definition) is 2. The molecule has 0 atom stereocenters. The van der Waals surface area contributed by atoms with E-state index in [2.05, 4.69) is 26.6 Å². The molecule has 21 heavy (non-hydrogen) atoms. The van der Waals surface area contributed by atoms with Crippen molar-refractivity contribution in [1.29, 1.82) is 0 Å². The first-order valence-electron chi connectivity index (χ1n) is 6.60. The van der Waals surface area contributed by atoms with E-state index in [0.717, 1.165) is 21.3 Å². The molecule has 0 aliphatic heterocycles. The van der Waals surface area contributed by atoms with Gasteiger partial charge in [-0.2, -0.15) is 0 Å². The summed E-state index contributed by atoms with van der Waals surface area (Å²) >= 11 is 3.38. The molecule has 0 saturated heterocycles. The van der Waals surface area contributed by atoms with Crippen LogP contribution in [-0.2, 0) is 6.42 Å². The molecule has 0 aromatic heterocycles. The molecule has 5 heteroatoms. The van der Waals surface area contributed by atoms with E-state index < -0.39 is 0 Å². The number of benzene rings is 2. The van der Waals surface area contributed by atoms with Crippen molar-refractivity contribution >= 4 is 27.6 Å². The maximum Gasteiger partial charge on any atom is 0.319 e. The van der Waals surface area contributed by atoms with Crippen LogP contribution < -0.4 is 10.6 Å². The first-order chi connectivity index (χ1) is 10.0. The van der Waals surface area contributed by atoms with E-state index in [0.29, 0.717) is 13.0 Å². The number of amides is 2. The predicted molar refractivity (Wildman–Crippen MR) is 86.0 cm³/mol. The lowest BCUT2D eigenvalue weighted by Gasteiger charge is -2.10. The smallest absolute Gasteiger partial charge is 0.319 e. The molecule has 0 unspecified atom stereocenters. The van der Waals surface area contributed by atoms with Crippen LogP contribution in [0.3, 0.4) is 0 Å². The quantitative estimate of drug-likeness (QED) is 0.849. The van der Waals surface area contributed by atoms with Gasteiger partial charge >= 0.3 is 6.03 Å². The molecule has 3 nitrogen and oxygen atoms in total. The Morgan fingerprint density at radius 1 is 1.19 bits per heavy atom. The molecule has 2 aromatic rings. The molecule has 2 aromatic carbocycles.